The fourth-order valence-electron chi connectivity index (χ4n) is 2.10. The van der Waals surface area contributed by atoms with Gasteiger partial charge in [-0.05, 0) is 18.1 Å². The average molecular weight is 242 g/mol. The van der Waals surface area contributed by atoms with Crippen molar-refractivity contribution < 1.29 is 5.11 Å². The molecule has 0 spiro atoms. The maximum absolute atomic E-state index is 10.5. The van der Waals surface area contributed by atoms with Gasteiger partial charge in [0.1, 0.15) is 5.82 Å². The maximum Gasteiger partial charge on any atom is 0.135 e. The first-order chi connectivity index (χ1) is 8.50. The van der Waals surface area contributed by atoms with Crippen LogP contribution in [0.5, 0.6) is 0 Å². The number of hydrogen-bond donors (Lipinski definition) is 1. The number of imidazole rings is 1. The van der Waals surface area contributed by atoms with Crippen molar-refractivity contribution in [3.05, 3.63) is 60.7 Å². The first-order valence-corrected chi connectivity index (χ1v) is 5.94. The van der Waals surface area contributed by atoms with E-state index >= 15 is 0 Å². The van der Waals surface area contributed by atoms with Crippen LogP contribution in [0.25, 0.3) is 5.57 Å². The lowest BCUT2D eigenvalue weighted by atomic mass is 9.89. The van der Waals surface area contributed by atoms with Crippen LogP contribution < -0.4 is 0 Å². The van der Waals surface area contributed by atoms with Gasteiger partial charge in [0.05, 0.1) is 5.60 Å². The molecule has 1 heterocycles. The van der Waals surface area contributed by atoms with Gasteiger partial charge in [-0.15, -0.1) is 0 Å². The lowest BCUT2D eigenvalue weighted by molar-refractivity contribution is 0.0629. The summed E-state index contributed by atoms with van der Waals surface area (Å²) in [5, 5.41) is 10.5. The lowest BCUT2D eigenvalue weighted by Crippen LogP contribution is -2.21. The van der Waals surface area contributed by atoms with Gasteiger partial charge in [0.2, 0.25) is 0 Å². The Balaban J connectivity index is 2.19. The highest BCUT2D eigenvalue weighted by atomic mass is 16.3. The van der Waals surface area contributed by atoms with Crippen LogP contribution in [0.3, 0.4) is 0 Å². The van der Waals surface area contributed by atoms with E-state index < -0.39 is 5.60 Å². The molecule has 1 atom stereocenters. The molecule has 1 aromatic heterocycles. The molecule has 2 aromatic rings. The molecule has 0 saturated carbocycles. The van der Waals surface area contributed by atoms with Crippen LogP contribution in [0.4, 0.5) is 0 Å². The summed E-state index contributed by atoms with van der Waals surface area (Å²) >= 11 is 0. The number of rotatable bonds is 4. The van der Waals surface area contributed by atoms with Crippen molar-refractivity contribution in [3.8, 4) is 0 Å². The molecule has 94 valence electrons. The summed E-state index contributed by atoms with van der Waals surface area (Å²) in [6, 6.07) is 9.63. The van der Waals surface area contributed by atoms with Crippen LogP contribution in [0.2, 0.25) is 0 Å². The largest absolute Gasteiger partial charge is 0.385 e. The van der Waals surface area contributed by atoms with Gasteiger partial charge >= 0.3 is 0 Å². The van der Waals surface area contributed by atoms with Gasteiger partial charge in [0, 0.05) is 25.9 Å². The Morgan fingerprint density at radius 3 is 2.61 bits per heavy atom. The van der Waals surface area contributed by atoms with Gasteiger partial charge in [-0.3, -0.25) is 0 Å². The summed E-state index contributed by atoms with van der Waals surface area (Å²) in [5.74, 6) is 0.811. The summed E-state index contributed by atoms with van der Waals surface area (Å²) in [6.07, 6.45) is 4.07. The second-order valence-corrected chi connectivity index (χ2v) is 4.78. The zero-order valence-corrected chi connectivity index (χ0v) is 10.8. The Bertz CT molecular complexity index is 541. The van der Waals surface area contributed by atoms with E-state index in [0.717, 1.165) is 17.0 Å². The topological polar surface area (TPSA) is 38.1 Å². The van der Waals surface area contributed by atoms with Gasteiger partial charge in [0.15, 0.2) is 0 Å². The van der Waals surface area contributed by atoms with Crippen LogP contribution in [-0.4, -0.2) is 14.7 Å². The summed E-state index contributed by atoms with van der Waals surface area (Å²) in [4.78, 5) is 4.25. The fourth-order valence-corrected chi connectivity index (χ4v) is 2.10. The molecule has 0 fully saturated rings. The van der Waals surface area contributed by atoms with Crippen molar-refractivity contribution in [2.75, 3.05) is 0 Å². The highest BCUT2D eigenvalue weighted by Crippen LogP contribution is 2.30. The van der Waals surface area contributed by atoms with E-state index in [1.54, 1.807) is 13.1 Å². The van der Waals surface area contributed by atoms with E-state index in [0.29, 0.717) is 6.42 Å². The Morgan fingerprint density at radius 2 is 2.06 bits per heavy atom. The predicted molar refractivity (Wildman–Crippen MR) is 72.9 cm³/mol. The van der Waals surface area contributed by atoms with E-state index in [9.17, 15) is 5.11 Å². The minimum atomic E-state index is -0.926. The van der Waals surface area contributed by atoms with Crippen molar-refractivity contribution in [3.63, 3.8) is 0 Å². The van der Waals surface area contributed by atoms with Crippen LogP contribution in [-0.2, 0) is 12.6 Å². The molecule has 3 heteroatoms. The minimum Gasteiger partial charge on any atom is -0.385 e. The molecule has 0 bridgehead atoms. The zero-order chi connectivity index (χ0) is 13.2. The van der Waals surface area contributed by atoms with Gasteiger partial charge in [0.25, 0.3) is 0 Å². The summed E-state index contributed by atoms with van der Waals surface area (Å²) in [6.45, 7) is 5.83. The Labute approximate surface area is 107 Å². The minimum absolute atomic E-state index is 0.460. The molecule has 0 aliphatic carbocycles. The summed E-state index contributed by atoms with van der Waals surface area (Å²) in [5.41, 5.74) is 0.793. The third-order valence-electron chi connectivity index (χ3n) is 3.09. The van der Waals surface area contributed by atoms with Crippen molar-refractivity contribution in [2.45, 2.75) is 18.9 Å². The molecule has 1 unspecified atom stereocenters. The first-order valence-electron chi connectivity index (χ1n) is 5.94. The van der Waals surface area contributed by atoms with E-state index in [1.807, 2.05) is 48.1 Å². The Hall–Kier alpha value is -1.87. The average Bonchev–Trinajstić information content (AvgIpc) is 2.76. The zero-order valence-electron chi connectivity index (χ0n) is 10.8. The number of benzene rings is 1. The summed E-state index contributed by atoms with van der Waals surface area (Å²) < 4.78 is 1.91. The van der Waals surface area contributed by atoms with Crippen molar-refractivity contribution in [2.24, 2.45) is 7.05 Å². The fraction of sp³-hybridized carbons (Fsp3) is 0.267. The third kappa shape index (κ3) is 2.51. The van der Waals surface area contributed by atoms with Crippen LogP contribution >= 0.6 is 0 Å². The molecule has 0 saturated heterocycles. The molecule has 1 N–H and O–H groups in total. The van der Waals surface area contributed by atoms with Crippen molar-refractivity contribution >= 4 is 5.57 Å². The van der Waals surface area contributed by atoms with Crippen LogP contribution in [0.15, 0.2) is 49.3 Å². The number of aromatic nitrogens is 2. The van der Waals surface area contributed by atoms with Crippen molar-refractivity contribution in [1.29, 1.82) is 0 Å². The molecule has 0 radical (unpaired) electrons. The number of nitrogens with zero attached hydrogens (tertiary/aromatic N) is 2. The lowest BCUT2D eigenvalue weighted by Gasteiger charge is -2.24. The molecule has 1 aromatic carbocycles. The van der Waals surface area contributed by atoms with E-state index in [2.05, 4.69) is 11.6 Å². The monoisotopic (exact) mass is 242 g/mol. The maximum atomic E-state index is 10.5. The van der Waals surface area contributed by atoms with Gasteiger partial charge in [-0.2, -0.15) is 0 Å². The number of aryl methyl sites for hydroxylation is 1. The standard InChI is InChI=1S/C15H18N2O/c1-12(14-16-9-10-17(14)3)11-15(2,18)13-7-5-4-6-8-13/h4-10,18H,1,11H2,2-3H3. The molecule has 0 aliphatic heterocycles. The van der Waals surface area contributed by atoms with Gasteiger partial charge in [-0.1, -0.05) is 36.9 Å². The smallest absolute Gasteiger partial charge is 0.135 e. The SMILES string of the molecule is C=C(CC(C)(O)c1ccccc1)c1nccn1C. The molecule has 18 heavy (non-hydrogen) atoms. The molecule has 0 amide bonds. The molecule has 2 rings (SSSR count). The predicted octanol–water partition coefficient (Wildman–Crippen LogP) is 2.73. The van der Waals surface area contributed by atoms with Gasteiger partial charge in [-0.25, -0.2) is 4.98 Å². The Kier molecular flexibility index (Phi) is 3.34. The Morgan fingerprint density at radius 1 is 1.39 bits per heavy atom. The molecule has 3 nitrogen and oxygen atoms in total. The third-order valence-corrected chi connectivity index (χ3v) is 3.09. The van der Waals surface area contributed by atoms with Gasteiger partial charge < -0.3 is 9.67 Å². The number of hydrogen-bond acceptors (Lipinski definition) is 2. The molecule has 0 aliphatic rings. The van der Waals surface area contributed by atoms with E-state index in [4.69, 9.17) is 0 Å². The second kappa shape index (κ2) is 4.78. The molecular formula is C15H18N2O. The second-order valence-electron chi connectivity index (χ2n) is 4.78. The molecular weight excluding hydrogens is 224 g/mol. The van der Waals surface area contributed by atoms with E-state index in [1.165, 1.54) is 0 Å². The van der Waals surface area contributed by atoms with E-state index in [-0.39, 0.29) is 0 Å². The normalized spacial score (nSPS) is 14.2. The van der Waals surface area contributed by atoms with Crippen molar-refractivity contribution in [1.82, 2.24) is 9.55 Å². The number of aliphatic hydroxyl groups is 1. The van der Waals surface area contributed by atoms with Crippen LogP contribution in [0.1, 0.15) is 24.7 Å². The highest BCUT2D eigenvalue weighted by Gasteiger charge is 2.25. The first kappa shape index (κ1) is 12.6. The highest BCUT2D eigenvalue weighted by molar-refractivity contribution is 5.58. The van der Waals surface area contributed by atoms with Crippen LogP contribution in [0, 0.1) is 0 Å². The quantitative estimate of drug-likeness (QED) is 0.895. The summed E-state index contributed by atoms with van der Waals surface area (Å²) in [7, 11) is 1.92.